The molecular formula is C17H13BrFN3O. The third kappa shape index (κ3) is 3.65. The van der Waals surface area contributed by atoms with Gasteiger partial charge in [0.05, 0.1) is 6.33 Å². The van der Waals surface area contributed by atoms with Gasteiger partial charge in [-0.2, -0.15) is 0 Å². The minimum absolute atomic E-state index is 0.132. The fraction of sp³-hybridized carbons (Fsp3) is 0.0588. The van der Waals surface area contributed by atoms with Crippen molar-refractivity contribution in [2.24, 2.45) is 0 Å². The van der Waals surface area contributed by atoms with Crippen molar-refractivity contribution in [3.8, 4) is 5.69 Å². The Labute approximate surface area is 141 Å². The number of halogens is 2. The number of nitrogens with zero attached hydrogens (tertiary/aromatic N) is 2. The number of hydrogen-bond donors (Lipinski definition) is 1. The quantitative estimate of drug-likeness (QED) is 0.757. The van der Waals surface area contributed by atoms with Crippen molar-refractivity contribution >= 4 is 21.8 Å². The number of carbonyl (C=O) groups is 1. The average Bonchev–Trinajstić information content (AvgIpc) is 3.10. The highest BCUT2D eigenvalue weighted by Crippen LogP contribution is 2.15. The molecular weight excluding hydrogens is 361 g/mol. The van der Waals surface area contributed by atoms with Crippen LogP contribution in [-0.4, -0.2) is 15.5 Å². The van der Waals surface area contributed by atoms with E-state index in [0.29, 0.717) is 11.1 Å². The molecule has 0 spiro atoms. The van der Waals surface area contributed by atoms with E-state index in [0.717, 1.165) is 10.2 Å². The molecule has 1 amide bonds. The molecule has 1 aromatic heterocycles. The average molecular weight is 374 g/mol. The second-order valence-electron chi connectivity index (χ2n) is 4.94. The minimum atomic E-state index is -0.344. The SMILES string of the molecule is O=C(NCc1cc(Br)ccc1F)c1ccc(-n2ccnc2)cc1. The van der Waals surface area contributed by atoms with Crippen molar-refractivity contribution in [3.63, 3.8) is 0 Å². The molecule has 0 saturated heterocycles. The smallest absolute Gasteiger partial charge is 0.251 e. The third-order valence-corrected chi connectivity index (χ3v) is 3.87. The van der Waals surface area contributed by atoms with Crippen molar-refractivity contribution in [2.45, 2.75) is 6.54 Å². The van der Waals surface area contributed by atoms with E-state index in [-0.39, 0.29) is 18.3 Å². The first-order valence-electron chi connectivity index (χ1n) is 6.94. The Kier molecular flexibility index (Phi) is 4.52. The van der Waals surface area contributed by atoms with Crippen molar-refractivity contribution in [2.75, 3.05) is 0 Å². The number of amides is 1. The molecule has 0 bridgehead atoms. The van der Waals surface area contributed by atoms with Gasteiger partial charge in [-0.15, -0.1) is 0 Å². The fourth-order valence-corrected chi connectivity index (χ4v) is 2.56. The molecule has 1 heterocycles. The first kappa shape index (κ1) is 15.4. The van der Waals surface area contributed by atoms with Crippen LogP contribution < -0.4 is 5.32 Å². The Balaban J connectivity index is 1.67. The Hall–Kier alpha value is -2.47. The summed E-state index contributed by atoms with van der Waals surface area (Å²) in [5.41, 5.74) is 1.86. The normalized spacial score (nSPS) is 10.5. The molecule has 0 unspecified atom stereocenters. The molecule has 23 heavy (non-hydrogen) atoms. The molecule has 3 rings (SSSR count). The molecule has 2 aromatic carbocycles. The lowest BCUT2D eigenvalue weighted by Gasteiger charge is -2.08. The maximum atomic E-state index is 13.7. The topological polar surface area (TPSA) is 46.9 Å². The van der Waals surface area contributed by atoms with E-state index in [1.807, 2.05) is 22.9 Å². The van der Waals surface area contributed by atoms with Crippen molar-refractivity contribution in [1.29, 1.82) is 0 Å². The zero-order valence-electron chi connectivity index (χ0n) is 12.0. The van der Waals surface area contributed by atoms with Crippen molar-refractivity contribution < 1.29 is 9.18 Å². The highest BCUT2D eigenvalue weighted by Gasteiger charge is 2.08. The summed E-state index contributed by atoms with van der Waals surface area (Å²) in [6, 6.07) is 11.7. The maximum Gasteiger partial charge on any atom is 0.251 e. The second kappa shape index (κ2) is 6.75. The standard InChI is InChI=1S/C17H13BrFN3O/c18-14-3-6-16(19)13(9-14)10-21-17(23)12-1-4-15(5-2-12)22-8-7-20-11-22/h1-9,11H,10H2,(H,21,23). The number of hydrogen-bond acceptors (Lipinski definition) is 2. The molecule has 0 aliphatic heterocycles. The van der Waals surface area contributed by atoms with Gasteiger partial charge in [0.2, 0.25) is 0 Å². The van der Waals surface area contributed by atoms with Crippen LogP contribution in [0.3, 0.4) is 0 Å². The lowest BCUT2D eigenvalue weighted by molar-refractivity contribution is 0.0950. The Morgan fingerprint density at radius 1 is 1.22 bits per heavy atom. The van der Waals surface area contributed by atoms with Crippen LogP contribution in [0, 0.1) is 5.82 Å². The van der Waals surface area contributed by atoms with Gasteiger partial charge < -0.3 is 9.88 Å². The zero-order valence-corrected chi connectivity index (χ0v) is 13.6. The summed E-state index contributed by atoms with van der Waals surface area (Å²) in [5, 5.41) is 2.72. The van der Waals surface area contributed by atoms with Crippen LogP contribution in [0.2, 0.25) is 0 Å². The van der Waals surface area contributed by atoms with Gasteiger partial charge in [0.25, 0.3) is 5.91 Å². The molecule has 3 aromatic rings. The van der Waals surface area contributed by atoms with E-state index < -0.39 is 0 Å². The van der Waals surface area contributed by atoms with Crippen LogP contribution in [0.1, 0.15) is 15.9 Å². The first-order chi connectivity index (χ1) is 11.1. The van der Waals surface area contributed by atoms with E-state index in [1.54, 1.807) is 36.8 Å². The van der Waals surface area contributed by atoms with E-state index in [1.165, 1.54) is 6.07 Å². The lowest BCUT2D eigenvalue weighted by atomic mass is 10.1. The van der Waals surface area contributed by atoms with E-state index >= 15 is 0 Å². The largest absolute Gasteiger partial charge is 0.348 e. The highest BCUT2D eigenvalue weighted by atomic mass is 79.9. The van der Waals surface area contributed by atoms with Gasteiger partial charge >= 0.3 is 0 Å². The van der Waals surface area contributed by atoms with Gasteiger partial charge in [-0.3, -0.25) is 4.79 Å². The molecule has 1 N–H and O–H groups in total. The zero-order chi connectivity index (χ0) is 16.2. The van der Waals surface area contributed by atoms with Crippen LogP contribution in [-0.2, 0) is 6.54 Å². The number of nitrogens with one attached hydrogen (secondary N) is 1. The molecule has 0 radical (unpaired) electrons. The summed E-state index contributed by atoms with van der Waals surface area (Å²) >= 11 is 3.29. The molecule has 4 nitrogen and oxygen atoms in total. The summed E-state index contributed by atoms with van der Waals surface area (Å²) in [6.45, 7) is 0.132. The number of rotatable bonds is 4. The minimum Gasteiger partial charge on any atom is -0.348 e. The van der Waals surface area contributed by atoms with Crippen LogP contribution in [0.25, 0.3) is 5.69 Å². The number of aromatic nitrogens is 2. The molecule has 6 heteroatoms. The predicted octanol–water partition coefficient (Wildman–Crippen LogP) is 3.70. The lowest BCUT2D eigenvalue weighted by Crippen LogP contribution is -2.23. The van der Waals surface area contributed by atoms with Gasteiger partial charge in [0, 0.05) is 40.2 Å². The van der Waals surface area contributed by atoms with Gasteiger partial charge in [0.15, 0.2) is 0 Å². The maximum absolute atomic E-state index is 13.7. The molecule has 116 valence electrons. The molecule has 0 aliphatic carbocycles. The van der Waals surface area contributed by atoms with Gasteiger partial charge in [-0.1, -0.05) is 15.9 Å². The monoisotopic (exact) mass is 373 g/mol. The van der Waals surface area contributed by atoms with Crippen LogP contribution in [0.15, 0.2) is 65.7 Å². The summed E-state index contributed by atoms with van der Waals surface area (Å²) in [7, 11) is 0. The third-order valence-electron chi connectivity index (χ3n) is 3.38. The number of carbonyl (C=O) groups excluding carboxylic acids is 1. The van der Waals surface area contributed by atoms with Crippen LogP contribution in [0.5, 0.6) is 0 Å². The summed E-state index contributed by atoms with van der Waals surface area (Å²) < 4.78 is 16.3. The number of imidazole rings is 1. The first-order valence-corrected chi connectivity index (χ1v) is 7.73. The second-order valence-corrected chi connectivity index (χ2v) is 5.85. The fourth-order valence-electron chi connectivity index (χ4n) is 2.15. The highest BCUT2D eigenvalue weighted by molar-refractivity contribution is 9.10. The Bertz CT molecular complexity index is 816. The molecule has 0 atom stereocenters. The van der Waals surface area contributed by atoms with Gasteiger partial charge in [-0.05, 0) is 42.5 Å². The van der Waals surface area contributed by atoms with Gasteiger partial charge in [-0.25, -0.2) is 9.37 Å². The van der Waals surface area contributed by atoms with E-state index in [9.17, 15) is 9.18 Å². The summed E-state index contributed by atoms with van der Waals surface area (Å²) in [4.78, 5) is 16.1. The van der Waals surface area contributed by atoms with E-state index in [2.05, 4.69) is 26.2 Å². The summed E-state index contributed by atoms with van der Waals surface area (Å²) in [5.74, 6) is -0.592. The number of benzene rings is 2. The van der Waals surface area contributed by atoms with Gasteiger partial charge in [0.1, 0.15) is 5.82 Å². The predicted molar refractivity (Wildman–Crippen MR) is 88.8 cm³/mol. The van der Waals surface area contributed by atoms with Crippen LogP contribution >= 0.6 is 15.9 Å². The molecule has 0 aliphatic rings. The Morgan fingerprint density at radius 3 is 2.70 bits per heavy atom. The van der Waals surface area contributed by atoms with Crippen molar-refractivity contribution in [3.05, 3.63) is 82.6 Å². The molecule has 0 fully saturated rings. The van der Waals surface area contributed by atoms with Crippen LogP contribution in [0.4, 0.5) is 4.39 Å². The van der Waals surface area contributed by atoms with Crippen molar-refractivity contribution in [1.82, 2.24) is 14.9 Å². The van der Waals surface area contributed by atoms with E-state index in [4.69, 9.17) is 0 Å². The Morgan fingerprint density at radius 2 is 2.00 bits per heavy atom. The molecule has 0 saturated carbocycles. The summed E-state index contributed by atoms with van der Waals surface area (Å²) in [6.07, 6.45) is 5.20.